The van der Waals surface area contributed by atoms with E-state index >= 15 is 0 Å². The van der Waals surface area contributed by atoms with E-state index in [-0.39, 0.29) is 6.29 Å². The third kappa shape index (κ3) is 3.79. The number of nitrogens with zero attached hydrogens (tertiary/aromatic N) is 1. The van der Waals surface area contributed by atoms with E-state index in [2.05, 4.69) is 11.2 Å². The van der Waals surface area contributed by atoms with Gasteiger partial charge < -0.3 is 14.2 Å². The Balaban J connectivity index is 1.58. The summed E-state index contributed by atoms with van der Waals surface area (Å²) in [5, 5.41) is 0. The van der Waals surface area contributed by atoms with Crippen LogP contribution >= 0.6 is 0 Å². The molecule has 0 aliphatic carbocycles. The maximum Gasteiger partial charge on any atom is 0.157 e. The van der Waals surface area contributed by atoms with Crippen molar-refractivity contribution in [2.75, 3.05) is 19.8 Å². The van der Waals surface area contributed by atoms with Gasteiger partial charge in [-0.25, -0.2) is 0 Å². The zero-order chi connectivity index (χ0) is 11.1. The van der Waals surface area contributed by atoms with Crippen LogP contribution in [0.15, 0.2) is 18.3 Å². The highest BCUT2D eigenvalue weighted by Gasteiger charge is 2.13. The number of ether oxygens (including phenoxy) is 3. The Bertz CT molecular complexity index is 286. The van der Waals surface area contributed by atoms with Gasteiger partial charge in [0.25, 0.3) is 0 Å². The molecule has 0 bridgehead atoms. The van der Waals surface area contributed by atoms with Crippen molar-refractivity contribution in [1.82, 2.24) is 4.98 Å². The minimum Gasteiger partial charge on any atom is -0.489 e. The van der Waals surface area contributed by atoms with E-state index in [4.69, 9.17) is 14.2 Å². The van der Waals surface area contributed by atoms with Crippen LogP contribution in [0, 0.1) is 6.20 Å². The lowest BCUT2D eigenvalue weighted by atomic mass is 10.2. The van der Waals surface area contributed by atoms with Gasteiger partial charge in [0.1, 0.15) is 18.6 Å². The Kier molecular flexibility index (Phi) is 4.58. The van der Waals surface area contributed by atoms with E-state index in [1.807, 2.05) is 12.1 Å². The fourth-order valence-electron chi connectivity index (χ4n) is 1.57. The van der Waals surface area contributed by atoms with Gasteiger partial charge in [-0.2, -0.15) is 0 Å². The fourth-order valence-corrected chi connectivity index (χ4v) is 1.57. The molecule has 0 amide bonds. The first-order chi connectivity index (χ1) is 7.95. The Morgan fingerprint density at radius 1 is 1.44 bits per heavy atom. The van der Waals surface area contributed by atoms with E-state index in [1.54, 1.807) is 6.20 Å². The van der Waals surface area contributed by atoms with Gasteiger partial charge in [0.15, 0.2) is 6.29 Å². The molecule has 0 N–H and O–H groups in total. The van der Waals surface area contributed by atoms with Gasteiger partial charge in [-0.1, -0.05) is 0 Å². The van der Waals surface area contributed by atoms with Crippen LogP contribution in [0.1, 0.15) is 19.3 Å². The summed E-state index contributed by atoms with van der Waals surface area (Å²) in [5.41, 5.74) is 0. The van der Waals surface area contributed by atoms with Crippen LogP contribution in [0.4, 0.5) is 0 Å². The molecule has 1 fully saturated rings. The molecule has 1 aromatic heterocycles. The van der Waals surface area contributed by atoms with Gasteiger partial charge >= 0.3 is 0 Å². The summed E-state index contributed by atoms with van der Waals surface area (Å²) in [5.74, 6) is 0.649. The first-order valence-corrected chi connectivity index (χ1v) is 5.64. The number of pyridine rings is 1. The minimum absolute atomic E-state index is 0.0461. The molecule has 1 unspecified atom stereocenters. The average Bonchev–Trinajstić information content (AvgIpc) is 2.37. The molecule has 2 rings (SSSR count). The van der Waals surface area contributed by atoms with Crippen LogP contribution in [0.2, 0.25) is 0 Å². The molecule has 16 heavy (non-hydrogen) atoms. The Hall–Kier alpha value is -1.13. The summed E-state index contributed by atoms with van der Waals surface area (Å²) < 4.78 is 16.4. The summed E-state index contributed by atoms with van der Waals surface area (Å²) in [4.78, 5) is 3.84. The van der Waals surface area contributed by atoms with Crippen LogP contribution in [0.5, 0.6) is 5.75 Å². The van der Waals surface area contributed by atoms with Crippen molar-refractivity contribution in [1.29, 1.82) is 0 Å². The summed E-state index contributed by atoms with van der Waals surface area (Å²) in [7, 11) is 0. The average molecular weight is 222 g/mol. The number of hydrogen-bond acceptors (Lipinski definition) is 4. The predicted molar refractivity (Wildman–Crippen MR) is 58.1 cm³/mol. The normalized spacial score (nSPS) is 20.6. The lowest BCUT2D eigenvalue weighted by Gasteiger charge is -2.22. The zero-order valence-electron chi connectivity index (χ0n) is 9.22. The molecule has 1 aromatic rings. The van der Waals surface area contributed by atoms with E-state index in [9.17, 15) is 0 Å². The molecular formula is C12H16NO3. The first kappa shape index (κ1) is 11.4. The SMILES string of the molecule is [c]1ncccc1OCCOC1CCCCO1. The first-order valence-electron chi connectivity index (χ1n) is 5.64. The summed E-state index contributed by atoms with van der Waals surface area (Å²) in [6.45, 7) is 1.84. The smallest absolute Gasteiger partial charge is 0.157 e. The Labute approximate surface area is 95.5 Å². The highest BCUT2D eigenvalue weighted by atomic mass is 16.7. The molecule has 0 spiro atoms. The van der Waals surface area contributed by atoms with Crippen LogP contribution in [0.3, 0.4) is 0 Å². The van der Waals surface area contributed by atoms with E-state index in [0.29, 0.717) is 19.0 Å². The third-order valence-electron chi connectivity index (χ3n) is 2.37. The van der Waals surface area contributed by atoms with Crippen molar-refractivity contribution >= 4 is 0 Å². The quantitative estimate of drug-likeness (QED) is 0.712. The Morgan fingerprint density at radius 3 is 3.19 bits per heavy atom. The molecule has 1 saturated heterocycles. The monoisotopic (exact) mass is 222 g/mol. The van der Waals surface area contributed by atoms with Crippen LogP contribution in [-0.4, -0.2) is 31.1 Å². The van der Waals surface area contributed by atoms with E-state index in [0.717, 1.165) is 19.4 Å². The summed E-state index contributed by atoms with van der Waals surface area (Å²) in [6.07, 6.45) is 7.68. The zero-order valence-corrected chi connectivity index (χ0v) is 9.22. The largest absolute Gasteiger partial charge is 0.489 e. The van der Waals surface area contributed by atoms with Crippen molar-refractivity contribution < 1.29 is 14.2 Å². The standard InChI is InChI=1S/C12H16NO3/c1-2-7-15-12(5-1)16-9-8-14-11-4-3-6-13-10-11/h3-4,6,12H,1-2,5,7-9H2. The third-order valence-corrected chi connectivity index (χ3v) is 2.37. The molecule has 1 atom stereocenters. The highest BCUT2D eigenvalue weighted by Crippen LogP contribution is 2.13. The molecule has 1 radical (unpaired) electrons. The summed E-state index contributed by atoms with van der Waals surface area (Å²) in [6, 6.07) is 3.64. The van der Waals surface area contributed by atoms with Crippen molar-refractivity contribution in [2.24, 2.45) is 0 Å². The van der Waals surface area contributed by atoms with Crippen molar-refractivity contribution in [3.8, 4) is 5.75 Å². The van der Waals surface area contributed by atoms with Crippen LogP contribution in [0.25, 0.3) is 0 Å². The van der Waals surface area contributed by atoms with Gasteiger partial charge in [-0.3, -0.25) is 4.98 Å². The van der Waals surface area contributed by atoms with Crippen LogP contribution in [-0.2, 0) is 9.47 Å². The van der Waals surface area contributed by atoms with Crippen molar-refractivity contribution in [3.63, 3.8) is 0 Å². The second-order valence-electron chi connectivity index (χ2n) is 3.63. The fraction of sp³-hybridized carbons (Fsp3) is 0.583. The molecule has 0 aromatic carbocycles. The molecule has 4 nitrogen and oxygen atoms in total. The molecule has 4 heteroatoms. The van der Waals surface area contributed by atoms with Crippen LogP contribution < -0.4 is 4.74 Å². The molecule has 87 valence electrons. The predicted octanol–water partition coefficient (Wildman–Crippen LogP) is 1.80. The second kappa shape index (κ2) is 6.45. The maximum atomic E-state index is 5.52. The van der Waals surface area contributed by atoms with Gasteiger partial charge in [-0.05, 0) is 31.4 Å². The number of hydrogen-bond donors (Lipinski definition) is 0. The van der Waals surface area contributed by atoms with Gasteiger partial charge in [0, 0.05) is 12.8 Å². The topological polar surface area (TPSA) is 40.6 Å². The van der Waals surface area contributed by atoms with Gasteiger partial charge in [0.05, 0.1) is 6.61 Å². The minimum atomic E-state index is -0.0461. The number of aromatic nitrogens is 1. The molecule has 0 saturated carbocycles. The second-order valence-corrected chi connectivity index (χ2v) is 3.63. The molecule has 1 aliphatic rings. The lowest BCUT2D eigenvalue weighted by molar-refractivity contribution is -0.165. The van der Waals surface area contributed by atoms with E-state index < -0.39 is 0 Å². The maximum absolute atomic E-state index is 5.52. The van der Waals surface area contributed by atoms with Gasteiger partial charge in [-0.15, -0.1) is 0 Å². The van der Waals surface area contributed by atoms with E-state index in [1.165, 1.54) is 6.42 Å². The number of rotatable bonds is 5. The lowest BCUT2D eigenvalue weighted by Crippen LogP contribution is -2.24. The molecular weight excluding hydrogens is 206 g/mol. The Morgan fingerprint density at radius 2 is 2.44 bits per heavy atom. The molecule has 1 aliphatic heterocycles. The highest BCUT2D eigenvalue weighted by molar-refractivity contribution is 5.13. The van der Waals surface area contributed by atoms with Crippen molar-refractivity contribution in [2.45, 2.75) is 25.6 Å². The summed E-state index contributed by atoms with van der Waals surface area (Å²) >= 11 is 0. The van der Waals surface area contributed by atoms with Gasteiger partial charge in [0.2, 0.25) is 0 Å². The molecule has 2 heterocycles. The van der Waals surface area contributed by atoms with Crippen molar-refractivity contribution in [3.05, 3.63) is 24.5 Å².